The summed E-state index contributed by atoms with van der Waals surface area (Å²) < 4.78 is 16.9. The Morgan fingerprint density at radius 1 is 0.299 bits per heavy atom. The summed E-state index contributed by atoms with van der Waals surface area (Å²) >= 11 is 0. The van der Waals surface area contributed by atoms with Crippen molar-refractivity contribution >= 4 is 17.9 Å². The number of rotatable bonds is 52. The van der Waals surface area contributed by atoms with Gasteiger partial charge in [0.05, 0.1) is 0 Å². The summed E-state index contributed by atoms with van der Waals surface area (Å²) in [5.74, 6) is -0.897. The molecule has 0 aliphatic carbocycles. The Balaban J connectivity index is 4.37. The van der Waals surface area contributed by atoms with Gasteiger partial charge in [-0.2, -0.15) is 0 Å². The Labute approximate surface area is 415 Å². The SMILES string of the molecule is CCC/C=C\C/C=C\CCCCCCCC(=O)OCC(COC(=O)CCCCCCCCCCC/C=C\CCCCCCCC)OC(=O)CCCCCCCCC/C=C\C/C=C\CCCCC. The Bertz CT molecular complexity index is 1210. The molecule has 0 aliphatic heterocycles. The fourth-order valence-electron chi connectivity index (χ4n) is 8.09. The topological polar surface area (TPSA) is 78.9 Å². The maximum absolute atomic E-state index is 12.8. The molecule has 0 saturated heterocycles. The Hall–Kier alpha value is -2.89. The number of ether oxygens (including phenoxy) is 3. The molecule has 0 aliphatic rings. The maximum atomic E-state index is 12.8. The van der Waals surface area contributed by atoms with Gasteiger partial charge in [-0.1, -0.05) is 229 Å². The summed E-state index contributed by atoms with van der Waals surface area (Å²) in [4.78, 5) is 38.1. The second-order valence-electron chi connectivity index (χ2n) is 19.2. The van der Waals surface area contributed by atoms with E-state index in [9.17, 15) is 14.4 Å². The van der Waals surface area contributed by atoms with Gasteiger partial charge in [0.15, 0.2) is 6.10 Å². The van der Waals surface area contributed by atoms with Crippen LogP contribution in [-0.2, 0) is 28.6 Å². The fraction of sp³-hybridized carbons (Fsp3) is 0.787. The van der Waals surface area contributed by atoms with Gasteiger partial charge >= 0.3 is 17.9 Å². The maximum Gasteiger partial charge on any atom is 0.306 e. The predicted octanol–water partition coefficient (Wildman–Crippen LogP) is 19.2. The third-order valence-corrected chi connectivity index (χ3v) is 12.4. The Kier molecular flexibility index (Phi) is 53.3. The van der Waals surface area contributed by atoms with Crippen LogP contribution < -0.4 is 0 Å². The van der Waals surface area contributed by atoms with Crippen molar-refractivity contribution in [2.24, 2.45) is 0 Å². The summed E-state index contributed by atoms with van der Waals surface area (Å²) in [7, 11) is 0. The molecule has 0 amide bonds. The van der Waals surface area contributed by atoms with E-state index in [1.54, 1.807) is 0 Å². The largest absolute Gasteiger partial charge is 0.462 e. The highest BCUT2D eigenvalue weighted by molar-refractivity contribution is 5.71. The van der Waals surface area contributed by atoms with Crippen LogP contribution in [0.5, 0.6) is 0 Å². The fourth-order valence-corrected chi connectivity index (χ4v) is 8.09. The van der Waals surface area contributed by atoms with Crippen LogP contribution in [0.2, 0.25) is 0 Å². The first-order chi connectivity index (χ1) is 33.0. The van der Waals surface area contributed by atoms with Gasteiger partial charge in [-0.3, -0.25) is 14.4 Å². The van der Waals surface area contributed by atoms with E-state index in [-0.39, 0.29) is 31.1 Å². The first-order valence-corrected chi connectivity index (χ1v) is 28.8. The van der Waals surface area contributed by atoms with Crippen LogP contribution in [0.25, 0.3) is 0 Å². The molecule has 0 heterocycles. The zero-order chi connectivity index (χ0) is 48.6. The normalized spacial score (nSPS) is 12.5. The van der Waals surface area contributed by atoms with Crippen molar-refractivity contribution in [3.8, 4) is 0 Å². The van der Waals surface area contributed by atoms with E-state index in [1.807, 2.05) is 0 Å². The standard InChI is InChI=1S/C61H108O6/c1-4-7-10-13-16-19-22-25-27-29-30-32-33-36-39-42-45-48-51-54-60(63)66-57-58(56-65-59(62)53-50-47-44-41-38-35-24-21-18-15-12-9-6-3)67-61(64)55-52-49-46-43-40-37-34-31-28-26-23-20-17-14-11-8-5-2/h12,15,17,20-21,24-28,58H,4-11,13-14,16,18-19,22-23,29-57H2,1-3H3/b15-12-,20-17-,24-21-,27-25-,28-26-. The lowest BCUT2D eigenvalue weighted by molar-refractivity contribution is -0.167. The van der Waals surface area contributed by atoms with E-state index < -0.39 is 6.10 Å². The van der Waals surface area contributed by atoms with Crippen LogP contribution >= 0.6 is 0 Å². The summed E-state index contributed by atoms with van der Waals surface area (Å²) in [6, 6.07) is 0. The Morgan fingerprint density at radius 2 is 0.567 bits per heavy atom. The first kappa shape index (κ1) is 64.1. The van der Waals surface area contributed by atoms with E-state index in [1.165, 1.54) is 154 Å². The molecule has 0 aromatic heterocycles. The van der Waals surface area contributed by atoms with E-state index in [4.69, 9.17) is 14.2 Å². The summed E-state index contributed by atoms with van der Waals surface area (Å²) in [5.41, 5.74) is 0. The van der Waals surface area contributed by atoms with Crippen LogP contribution in [0.4, 0.5) is 0 Å². The van der Waals surface area contributed by atoms with Crippen molar-refractivity contribution in [3.63, 3.8) is 0 Å². The van der Waals surface area contributed by atoms with Gasteiger partial charge in [-0.25, -0.2) is 0 Å². The highest BCUT2D eigenvalue weighted by Gasteiger charge is 2.19. The number of carbonyl (C=O) groups is 3. The molecule has 1 atom stereocenters. The molecule has 67 heavy (non-hydrogen) atoms. The Morgan fingerprint density at radius 3 is 0.925 bits per heavy atom. The van der Waals surface area contributed by atoms with E-state index >= 15 is 0 Å². The number of hydrogen-bond acceptors (Lipinski definition) is 6. The molecular weight excluding hydrogens is 829 g/mol. The van der Waals surface area contributed by atoms with Gasteiger partial charge in [0.1, 0.15) is 13.2 Å². The number of allylic oxidation sites excluding steroid dienone is 10. The minimum Gasteiger partial charge on any atom is -0.462 e. The summed E-state index contributed by atoms with van der Waals surface area (Å²) in [6.07, 6.45) is 69.2. The molecule has 1 unspecified atom stereocenters. The van der Waals surface area contributed by atoms with Crippen molar-refractivity contribution < 1.29 is 28.6 Å². The number of esters is 3. The van der Waals surface area contributed by atoms with Gasteiger partial charge in [0, 0.05) is 19.3 Å². The number of carbonyl (C=O) groups excluding carboxylic acids is 3. The molecule has 0 fully saturated rings. The predicted molar refractivity (Wildman–Crippen MR) is 288 cm³/mol. The minimum atomic E-state index is -0.785. The second-order valence-corrected chi connectivity index (χ2v) is 19.2. The zero-order valence-electron chi connectivity index (χ0n) is 44.4. The van der Waals surface area contributed by atoms with Crippen LogP contribution in [-0.4, -0.2) is 37.2 Å². The molecule has 388 valence electrons. The van der Waals surface area contributed by atoms with Gasteiger partial charge in [-0.05, 0) is 103 Å². The smallest absolute Gasteiger partial charge is 0.306 e. The highest BCUT2D eigenvalue weighted by Crippen LogP contribution is 2.15. The molecule has 0 aromatic carbocycles. The number of hydrogen-bond donors (Lipinski definition) is 0. The summed E-state index contributed by atoms with van der Waals surface area (Å²) in [6.45, 7) is 6.55. The molecule has 0 saturated carbocycles. The van der Waals surface area contributed by atoms with Crippen LogP contribution in [0, 0.1) is 0 Å². The van der Waals surface area contributed by atoms with Crippen LogP contribution in [0.1, 0.15) is 290 Å². The van der Waals surface area contributed by atoms with Crippen molar-refractivity contribution in [2.45, 2.75) is 297 Å². The molecular formula is C61H108O6. The molecule has 0 bridgehead atoms. The molecule has 0 aromatic rings. The monoisotopic (exact) mass is 937 g/mol. The van der Waals surface area contributed by atoms with Gasteiger partial charge < -0.3 is 14.2 Å². The van der Waals surface area contributed by atoms with Gasteiger partial charge in [0.2, 0.25) is 0 Å². The van der Waals surface area contributed by atoms with E-state index in [0.29, 0.717) is 19.3 Å². The third kappa shape index (κ3) is 53.9. The van der Waals surface area contributed by atoms with Crippen molar-refractivity contribution in [1.82, 2.24) is 0 Å². The van der Waals surface area contributed by atoms with E-state index in [0.717, 1.165) is 96.3 Å². The summed E-state index contributed by atoms with van der Waals surface area (Å²) in [5, 5.41) is 0. The lowest BCUT2D eigenvalue weighted by Crippen LogP contribution is -2.30. The minimum absolute atomic E-state index is 0.0822. The van der Waals surface area contributed by atoms with Crippen molar-refractivity contribution in [3.05, 3.63) is 60.8 Å². The van der Waals surface area contributed by atoms with Crippen molar-refractivity contribution in [1.29, 1.82) is 0 Å². The third-order valence-electron chi connectivity index (χ3n) is 12.4. The zero-order valence-corrected chi connectivity index (χ0v) is 44.4. The molecule has 0 N–H and O–H groups in total. The highest BCUT2D eigenvalue weighted by atomic mass is 16.6. The lowest BCUT2D eigenvalue weighted by atomic mass is 10.1. The first-order valence-electron chi connectivity index (χ1n) is 28.8. The van der Waals surface area contributed by atoms with E-state index in [2.05, 4.69) is 81.5 Å². The molecule has 0 rings (SSSR count). The number of unbranched alkanes of at least 4 members (excludes halogenated alkanes) is 31. The average molecular weight is 938 g/mol. The van der Waals surface area contributed by atoms with Crippen LogP contribution in [0.15, 0.2) is 60.8 Å². The quantitative estimate of drug-likeness (QED) is 0.0262. The molecule has 0 spiro atoms. The molecule has 0 radical (unpaired) electrons. The molecule has 6 nitrogen and oxygen atoms in total. The average Bonchev–Trinajstić information content (AvgIpc) is 3.33. The molecule has 6 heteroatoms. The second kappa shape index (κ2) is 55.7. The lowest BCUT2D eigenvalue weighted by Gasteiger charge is -2.18. The van der Waals surface area contributed by atoms with Crippen LogP contribution in [0.3, 0.4) is 0 Å². The van der Waals surface area contributed by atoms with Crippen molar-refractivity contribution in [2.75, 3.05) is 13.2 Å². The van der Waals surface area contributed by atoms with Gasteiger partial charge in [0.25, 0.3) is 0 Å². The van der Waals surface area contributed by atoms with Gasteiger partial charge in [-0.15, -0.1) is 0 Å².